The summed E-state index contributed by atoms with van der Waals surface area (Å²) in [6, 6.07) is 17.0. The average Bonchev–Trinajstić information content (AvgIpc) is 2.94. The molecule has 0 saturated carbocycles. The van der Waals surface area contributed by atoms with Crippen LogP contribution in [0.25, 0.3) is 0 Å². The fourth-order valence-electron chi connectivity index (χ4n) is 3.46. The summed E-state index contributed by atoms with van der Waals surface area (Å²) in [6.45, 7) is 2.00. The van der Waals surface area contributed by atoms with Gasteiger partial charge in [0.25, 0.3) is 5.56 Å². The summed E-state index contributed by atoms with van der Waals surface area (Å²) in [6.07, 6.45) is 1.80. The number of nitrogens with one attached hydrogen (secondary N) is 1. The van der Waals surface area contributed by atoms with E-state index in [9.17, 15) is 14.4 Å². The Hall–Kier alpha value is -4.57. The summed E-state index contributed by atoms with van der Waals surface area (Å²) < 4.78 is 11.8. The third kappa shape index (κ3) is 6.60. The second-order valence-electron chi connectivity index (χ2n) is 8.19. The van der Waals surface area contributed by atoms with Crippen molar-refractivity contribution in [1.29, 1.82) is 0 Å². The molecule has 0 atom stereocenters. The Bertz CT molecular complexity index is 1490. The molecule has 0 amide bonds. The summed E-state index contributed by atoms with van der Waals surface area (Å²) in [7, 11) is 1.26. The number of halogens is 1. The van der Waals surface area contributed by atoms with Crippen molar-refractivity contribution in [3.05, 3.63) is 99.1 Å². The standard InChI is InChI=1S/C27H24ClN5O5/c1-3-21(34)14-18-15-29-27(33(25(18)35)16-17-4-6-19(28)7-5-17)30-20-8-10-22(11-9-20)38-24-13-12-23(31-32-24)26(36)37-2/h4-13,15H,3,14,16H2,1-2H3,(H,29,30). The Morgan fingerprint density at radius 1 is 1.00 bits per heavy atom. The first-order chi connectivity index (χ1) is 18.4. The maximum absolute atomic E-state index is 13.3. The van der Waals surface area contributed by atoms with E-state index in [-0.39, 0.29) is 35.9 Å². The summed E-state index contributed by atoms with van der Waals surface area (Å²) >= 11 is 6.01. The molecule has 0 fully saturated rings. The summed E-state index contributed by atoms with van der Waals surface area (Å²) in [5, 5.41) is 11.4. The van der Waals surface area contributed by atoms with Crippen LogP contribution in [0.2, 0.25) is 5.02 Å². The van der Waals surface area contributed by atoms with Crippen LogP contribution < -0.4 is 15.6 Å². The van der Waals surface area contributed by atoms with E-state index in [1.165, 1.54) is 30.0 Å². The molecule has 0 spiro atoms. The van der Waals surface area contributed by atoms with Gasteiger partial charge in [-0.05, 0) is 48.0 Å². The zero-order valence-electron chi connectivity index (χ0n) is 20.7. The van der Waals surface area contributed by atoms with Gasteiger partial charge in [-0.25, -0.2) is 9.78 Å². The molecular weight excluding hydrogens is 510 g/mol. The number of rotatable bonds is 10. The number of methoxy groups -OCH3 is 1. The van der Waals surface area contributed by atoms with Crippen molar-refractivity contribution in [3.63, 3.8) is 0 Å². The van der Waals surface area contributed by atoms with Gasteiger partial charge in [-0.1, -0.05) is 30.7 Å². The highest BCUT2D eigenvalue weighted by molar-refractivity contribution is 6.30. The number of Topliss-reactive ketones (excluding diaryl/α,β-unsaturated/α-hetero) is 1. The number of benzene rings is 2. The number of ether oxygens (including phenoxy) is 2. The minimum Gasteiger partial charge on any atom is -0.464 e. The zero-order chi connectivity index (χ0) is 27.1. The molecule has 194 valence electrons. The number of carbonyl (C=O) groups excluding carboxylic acids is 2. The SMILES string of the molecule is CCC(=O)Cc1cnc(Nc2ccc(Oc3ccc(C(=O)OC)nn3)cc2)n(Cc2ccc(Cl)cc2)c1=O. The lowest BCUT2D eigenvalue weighted by Gasteiger charge is -2.15. The minimum absolute atomic E-state index is 0.0266. The van der Waals surface area contributed by atoms with Gasteiger partial charge in [0.2, 0.25) is 11.8 Å². The predicted molar refractivity (Wildman–Crippen MR) is 141 cm³/mol. The van der Waals surface area contributed by atoms with Gasteiger partial charge in [-0.15, -0.1) is 10.2 Å². The van der Waals surface area contributed by atoms with Crippen molar-refractivity contribution in [2.75, 3.05) is 12.4 Å². The highest BCUT2D eigenvalue weighted by Crippen LogP contribution is 2.23. The molecule has 0 bridgehead atoms. The first-order valence-electron chi connectivity index (χ1n) is 11.7. The maximum Gasteiger partial charge on any atom is 0.358 e. The fraction of sp³-hybridized carbons (Fsp3) is 0.185. The van der Waals surface area contributed by atoms with E-state index in [1.54, 1.807) is 43.3 Å². The van der Waals surface area contributed by atoms with Crippen LogP contribution in [0.15, 0.2) is 71.7 Å². The van der Waals surface area contributed by atoms with Gasteiger partial charge < -0.3 is 14.8 Å². The number of carbonyl (C=O) groups is 2. The largest absolute Gasteiger partial charge is 0.464 e. The first-order valence-corrected chi connectivity index (χ1v) is 12.1. The summed E-state index contributed by atoms with van der Waals surface area (Å²) in [4.78, 5) is 41.2. The molecule has 0 unspecified atom stereocenters. The molecule has 2 heterocycles. The molecule has 1 N–H and O–H groups in total. The molecule has 0 aliphatic heterocycles. The van der Waals surface area contributed by atoms with Gasteiger partial charge in [0.1, 0.15) is 11.5 Å². The highest BCUT2D eigenvalue weighted by atomic mass is 35.5. The highest BCUT2D eigenvalue weighted by Gasteiger charge is 2.14. The number of ketones is 1. The fourth-order valence-corrected chi connectivity index (χ4v) is 3.58. The summed E-state index contributed by atoms with van der Waals surface area (Å²) in [5.41, 5.74) is 1.61. The Morgan fingerprint density at radius 3 is 2.37 bits per heavy atom. The average molecular weight is 534 g/mol. The molecule has 0 saturated heterocycles. The number of esters is 1. The number of aromatic nitrogens is 4. The topological polar surface area (TPSA) is 125 Å². The molecule has 2 aromatic heterocycles. The molecule has 2 aromatic carbocycles. The number of hydrogen-bond donors (Lipinski definition) is 1. The molecular formula is C27H24ClN5O5. The van der Waals surface area contributed by atoms with Crippen LogP contribution in [0.5, 0.6) is 11.6 Å². The lowest BCUT2D eigenvalue weighted by atomic mass is 10.1. The van der Waals surface area contributed by atoms with Gasteiger partial charge in [0, 0.05) is 41.4 Å². The molecule has 0 aliphatic rings. The smallest absolute Gasteiger partial charge is 0.358 e. The van der Waals surface area contributed by atoms with E-state index >= 15 is 0 Å². The van der Waals surface area contributed by atoms with E-state index < -0.39 is 5.97 Å². The van der Waals surface area contributed by atoms with Crippen molar-refractivity contribution < 1.29 is 19.1 Å². The Balaban J connectivity index is 1.55. The van der Waals surface area contributed by atoms with E-state index in [0.717, 1.165) is 5.56 Å². The molecule has 11 heteroatoms. The van der Waals surface area contributed by atoms with Crippen LogP contribution in [-0.4, -0.2) is 38.6 Å². The Labute approximate surface area is 223 Å². The molecule has 38 heavy (non-hydrogen) atoms. The van der Waals surface area contributed by atoms with Crippen molar-refractivity contribution in [2.24, 2.45) is 0 Å². The van der Waals surface area contributed by atoms with E-state index in [1.807, 2.05) is 12.1 Å². The quantitative estimate of drug-likeness (QED) is 0.291. The van der Waals surface area contributed by atoms with Crippen molar-refractivity contribution >= 4 is 35.0 Å². The first kappa shape index (κ1) is 26.5. The van der Waals surface area contributed by atoms with Crippen LogP contribution in [0, 0.1) is 0 Å². The lowest BCUT2D eigenvalue weighted by Crippen LogP contribution is -2.28. The number of anilines is 2. The van der Waals surface area contributed by atoms with Crippen molar-refractivity contribution in [1.82, 2.24) is 19.7 Å². The van der Waals surface area contributed by atoms with Gasteiger partial charge in [0.15, 0.2) is 5.69 Å². The molecule has 0 radical (unpaired) electrons. The van der Waals surface area contributed by atoms with Crippen LogP contribution in [0.3, 0.4) is 0 Å². The third-order valence-electron chi connectivity index (χ3n) is 5.52. The zero-order valence-corrected chi connectivity index (χ0v) is 21.4. The van der Waals surface area contributed by atoms with Gasteiger partial charge in [-0.2, -0.15) is 0 Å². The van der Waals surface area contributed by atoms with Crippen LogP contribution in [-0.2, 0) is 22.5 Å². The second-order valence-corrected chi connectivity index (χ2v) is 8.63. The number of nitrogens with zero attached hydrogens (tertiary/aromatic N) is 4. The van der Waals surface area contributed by atoms with Crippen molar-refractivity contribution in [3.8, 4) is 11.6 Å². The van der Waals surface area contributed by atoms with Gasteiger partial charge >= 0.3 is 5.97 Å². The maximum atomic E-state index is 13.3. The van der Waals surface area contributed by atoms with E-state index in [2.05, 4.69) is 25.2 Å². The van der Waals surface area contributed by atoms with Gasteiger partial charge in [0.05, 0.1) is 13.7 Å². The normalized spacial score (nSPS) is 10.6. The van der Waals surface area contributed by atoms with Crippen LogP contribution in [0.4, 0.5) is 11.6 Å². The molecule has 10 nitrogen and oxygen atoms in total. The van der Waals surface area contributed by atoms with Gasteiger partial charge in [-0.3, -0.25) is 14.2 Å². The monoisotopic (exact) mass is 533 g/mol. The van der Waals surface area contributed by atoms with E-state index in [0.29, 0.717) is 34.4 Å². The van der Waals surface area contributed by atoms with Crippen LogP contribution >= 0.6 is 11.6 Å². The third-order valence-corrected chi connectivity index (χ3v) is 5.77. The predicted octanol–water partition coefficient (Wildman–Crippen LogP) is 4.58. The lowest BCUT2D eigenvalue weighted by molar-refractivity contribution is -0.118. The van der Waals surface area contributed by atoms with Crippen LogP contribution in [0.1, 0.15) is 35.0 Å². The summed E-state index contributed by atoms with van der Waals surface area (Å²) in [5.74, 6) is 0.371. The molecule has 4 aromatic rings. The number of hydrogen-bond acceptors (Lipinski definition) is 9. The molecule has 4 rings (SSSR count). The second kappa shape index (κ2) is 12.1. The molecule has 0 aliphatic carbocycles. The minimum atomic E-state index is -0.590. The Morgan fingerprint density at radius 2 is 1.74 bits per heavy atom. The Kier molecular flexibility index (Phi) is 8.44. The van der Waals surface area contributed by atoms with E-state index in [4.69, 9.17) is 16.3 Å². The van der Waals surface area contributed by atoms with Crippen molar-refractivity contribution in [2.45, 2.75) is 26.3 Å².